The predicted octanol–water partition coefficient (Wildman–Crippen LogP) is 3.37. The van der Waals surface area contributed by atoms with Crippen LogP contribution in [0.4, 0.5) is 29.1 Å². The Morgan fingerprint density at radius 1 is 1.16 bits per heavy atom. The molecule has 164 valence electrons. The number of carbonyl (C=O) groups is 1. The van der Waals surface area contributed by atoms with E-state index >= 15 is 0 Å². The largest absolute Gasteiger partial charge is 0.490 e. The highest BCUT2D eigenvalue weighted by Gasteiger charge is 2.37. The Bertz CT molecular complexity index is 1420. The number of amides is 1. The van der Waals surface area contributed by atoms with E-state index in [0.717, 1.165) is 4.90 Å². The minimum Gasteiger partial charge on any atom is -0.490 e. The highest BCUT2D eigenvalue weighted by Crippen LogP contribution is 2.40. The molecule has 0 fully saturated rings. The number of pyridine rings is 1. The number of hydrogen-bond donors (Lipinski definition) is 1. The summed E-state index contributed by atoms with van der Waals surface area (Å²) in [6.45, 7) is 1.71. The first kappa shape index (κ1) is 20.0. The van der Waals surface area contributed by atoms with Crippen LogP contribution in [-0.2, 0) is 6.18 Å². The zero-order valence-electron chi connectivity index (χ0n) is 16.4. The molecule has 0 radical (unpaired) electrons. The molecule has 1 aliphatic rings. The Balaban J connectivity index is 1.61. The number of carbonyl (C=O) groups excluding carboxylic acids is 1. The van der Waals surface area contributed by atoms with Crippen molar-refractivity contribution in [2.24, 2.45) is 0 Å². The van der Waals surface area contributed by atoms with Gasteiger partial charge in [-0.2, -0.15) is 13.2 Å². The van der Waals surface area contributed by atoms with Crippen LogP contribution in [0.25, 0.3) is 16.6 Å². The van der Waals surface area contributed by atoms with Crippen molar-refractivity contribution in [3.63, 3.8) is 0 Å². The normalized spacial score (nSPS) is 14.0. The Hall–Kier alpha value is -3.96. The van der Waals surface area contributed by atoms with Gasteiger partial charge in [-0.25, -0.2) is 19.3 Å². The number of aryl methyl sites for hydroxylation is 1. The molecule has 4 aromatic rings. The fraction of sp³-hybridized carbons (Fsp3) is 0.200. The minimum absolute atomic E-state index is 0.00775. The standard InChI is InChI=1S/C20H14F4N6O2/c1-9-26-8-16-18(25)28-13-7-27-12(6-14(13)30(9)16)19(31)29-2-3-32-17-4-10(20(22,23)24)11(21)5-15(17)29/h4-8H,2-3H2,1H3,(H2,25,28). The average molecular weight is 446 g/mol. The topological polar surface area (TPSA) is 98.6 Å². The van der Waals surface area contributed by atoms with Gasteiger partial charge in [-0.15, -0.1) is 0 Å². The first-order valence-corrected chi connectivity index (χ1v) is 9.40. The third kappa shape index (κ3) is 2.98. The number of alkyl halides is 3. The van der Waals surface area contributed by atoms with Crippen LogP contribution in [0.3, 0.4) is 0 Å². The summed E-state index contributed by atoms with van der Waals surface area (Å²) >= 11 is 0. The van der Waals surface area contributed by atoms with Crippen molar-refractivity contribution < 1.29 is 27.1 Å². The monoisotopic (exact) mass is 446 g/mol. The number of benzene rings is 1. The Morgan fingerprint density at radius 2 is 1.94 bits per heavy atom. The zero-order valence-corrected chi connectivity index (χ0v) is 16.4. The lowest BCUT2D eigenvalue weighted by Crippen LogP contribution is -2.38. The molecule has 0 aliphatic carbocycles. The van der Waals surface area contributed by atoms with Crippen LogP contribution in [0.2, 0.25) is 0 Å². The van der Waals surface area contributed by atoms with Gasteiger partial charge >= 0.3 is 6.18 Å². The molecule has 0 saturated heterocycles. The van der Waals surface area contributed by atoms with Crippen LogP contribution < -0.4 is 15.4 Å². The number of anilines is 2. The van der Waals surface area contributed by atoms with Crippen molar-refractivity contribution in [2.75, 3.05) is 23.8 Å². The number of nitrogens with two attached hydrogens (primary N) is 1. The molecule has 0 spiro atoms. The fourth-order valence-corrected chi connectivity index (χ4v) is 3.74. The molecule has 0 bridgehead atoms. The van der Waals surface area contributed by atoms with Crippen molar-refractivity contribution in [3.05, 3.63) is 53.5 Å². The van der Waals surface area contributed by atoms with Gasteiger partial charge in [0.1, 0.15) is 46.5 Å². The molecule has 0 atom stereocenters. The summed E-state index contributed by atoms with van der Waals surface area (Å²) in [5.41, 5.74) is 5.89. The number of rotatable bonds is 1. The van der Waals surface area contributed by atoms with Gasteiger partial charge in [0.2, 0.25) is 0 Å². The van der Waals surface area contributed by atoms with Crippen molar-refractivity contribution in [3.8, 4) is 5.75 Å². The average Bonchev–Trinajstić information content (AvgIpc) is 3.14. The molecule has 5 rings (SSSR count). The van der Waals surface area contributed by atoms with Gasteiger partial charge in [-0.1, -0.05) is 0 Å². The number of fused-ring (bicyclic) bond motifs is 4. The van der Waals surface area contributed by atoms with Crippen molar-refractivity contribution in [1.82, 2.24) is 19.4 Å². The van der Waals surface area contributed by atoms with Crippen molar-refractivity contribution in [1.29, 1.82) is 0 Å². The summed E-state index contributed by atoms with van der Waals surface area (Å²) in [6, 6.07) is 2.70. The Kier molecular flexibility index (Phi) is 4.23. The van der Waals surface area contributed by atoms with Crippen molar-refractivity contribution >= 4 is 34.0 Å². The van der Waals surface area contributed by atoms with Crippen LogP contribution >= 0.6 is 0 Å². The first-order chi connectivity index (χ1) is 15.1. The van der Waals surface area contributed by atoms with Crippen LogP contribution in [-0.4, -0.2) is 38.4 Å². The SMILES string of the molecule is Cc1ncc2c(N)nc3cnc(C(=O)N4CCOc5cc(C(F)(F)F)c(F)cc54)cc3n12. The van der Waals surface area contributed by atoms with Crippen LogP contribution in [0, 0.1) is 12.7 Å². The molecule has 4 heterocycles. The highest BCUT2D eigenvalue weighted by molar-refractivity contribution is 6.07. The summed E-state index contributed by atoms with van der Waals surface area (Å²) in [5.74, 6) is -1.50. The number of ether oxygens (including phenoxy) is 1. The summed E-state index contributed by atoms with van der Waals surface area (Å²) in [7, 11) is 0. The van der Waals surface area contributed by atoms with E-state index in [-0.39, 0.29) is 36.1 Å². The first-order valence-electron chi connectivity index (χ1n) is 9.40. The van der Waals surface area contributed by atoms with Gasteiger partial charge in [-0.05, 0) is 19.1 Å². The van der Waals surface area contributed by atoms with Gasteiger partial charge in [0.25, 0.3) is 5.91 Å². The second-order valence-electron chi connectivity index (χ2n) is 7.18. The molecule has 1 aromatic carbocycles. The quantitative estimate of drug-likeness (QED) is 0.450. The Labute approximate surface area is 177 Å². The molecule has 0 unspecified atom stereocenters. The van der Waals surface area contributed by atoms with Gasteiger partial charge in [0.15, 0.2) is 0 Å². The highest BCUT2D eigenvalue weighted by atomic mass is 19.4. The maximum absolute atomic E-state index is 14.2. The fourth-order valence-electron chi connectivity index (χ4n) is 3.74. The van der Waals surface area contributed by atoms with E-state index in [1.165, 1.54) is 12.3 Å². The second-order valence-corrected chi connectivity index (χ2v) is 7.18. The third-order valence-corrected chi connectivity index (χ3v) is 5.23. The third-order valence-electron chi connectivity index (χ3n) is 5.23. The van der Waals surface area contributed by atoms with E-state index < -0.39 is 23.5 Å². The zero-order chi connectivity index (χ0) is 22.8. The molecular formula is C20H14F4N6O2. The molecule has 0 saturated carbocycles. The van der Waals surface area contributed by atoms with E-state index in [0.29, 0.717) is 34.5 Å². The summed E-state index contributed by atoms with van der Waals surface area (Å²) < 4.78 is 60.3. The summed E-state index contributed by atoms with van der Waals surface area (Å²) in [4.78, 5) is 27.0. The van der Waals surface area contributed by atoms with Crippen LogP contribution in [0.5, 0.6) is 5.75 Å². The molecular weight excluding hydrogens is 432 g/mol. The number of imidazole rings is 1. The van der Waals surface area contributed by atoms with E-state index in [1.807, 2.05) is 0 Å². The van der Waals surface area contributed by atoms with E-state index in [2.05, 4.69) is 15.0 Å². The van der Waals surface area contributed by atoms with E-state index in [1.54, 1.807) is 17.5 Å². The smallest absolute Gasteiger partial charge is 0.419 e. The number of halogens is 4. The van der Waals surface area contributed by atoms with Gasteiger partial charge < -0.3 is 15.4 Å². The van der Waals surface area contributed by atoms with Crippen LogP contribution in [0.1, 0.15) is 21.9 Å². The van der Waals surface area contributed by atoms with Gasteiger partial charge in [0, 0.05) is 6.07 Å². The maximum Gasteiger partial charge on any atom is 0.419 e. The second kappa shape index (κ2) is 6.77. The molecule has 1 amide bonds. The lowest BCUT2D eigenvalue weighted by atomic mass is 10.1. The number of hydrogen-bond acceptors (Lipinski definition) is 6. The summed E-state index contributed by atoms with van der Waals surface area (Å²) in [6.07, 6.45) is -1.97. The van der Waals surface area contributed by atoms with Gasteiger partial charge in [0.05, 0.1) is 35.7 Å². The van der Waals surface area contributed by atoms with Crippen LogP contribution in [0.15, 0.2) is 30.6 Å². The molecule has 8 nitrogen and oxygen atoms in total. The number of aromatic nitrogens is 4. The van der Waals surface area contributed by atoms with Crippen molar-refractivity contribution in [2.45, 2.75) is 13.1 Å². The minimum atomic E-state index is -4.89. The molecule has 32 heavy (non-hydrogen) atoms. The Morgan fingerprint density at radius 3 is 2.69 bits per heavy atom. The molecule has 2 N–H and O–H groups in total. The number of nitrogen functional groups attached to an aromatic ring is 1. The summed E-state index contributed by atoms with van der Waals surface area (Å²) in [5, 5.41) is 0. The van der Waals surface area contributed by atoms with Gasteiger partial charge in [-0.3, -0.25) is 9.20 Å². The number of nitrogens with zero attached hydrogens (tertiary/aromatic N) is 5. The molecule has 1 aliphatic heterocycles. The lowest BCUT2D eigenvalue weighted by molar-refractivity contribution is -0.140. The maximum atomic E-state index is 14.2. The molecule has 3 aromatic heterocycles. The lowest BCUT2D eigenvalue weighted by Gasteiger charge is -2.30. The molecule has 12 heteroatoms. The van der Waals surface area contributed by atoms with E-state index in [9.17, 15) is 22.4 Å². The van der Waals surface area contributed by atoms with E-state index in [4.69, 9.17) is 10.5 Å². The predicted molar refractivity (Wildman–Crippen MR) is 106 cm³/mol.